The molecular weight excluding hydrogens is 272 g/mol. The van der Waals surface area contributed by atoms with Gasteiger partial charge in [-0.2, -0.15) is 11.8 Å². The monoisotopic (exact) mass is 298 g/mol. The Morgan fingerprint density at radius 2 is 2.21 bits per heavy atom. The molecule has 1 aliphatic rings. The van der Waals surface area contributed by atoms with Crippen LogP contribution in [0, 0.1) is 13.8 Å². The molecule has 0 amide bonds. The molecule has 0 bridgehead atoms. The minimum atomic E-state index is 0.392. The molecule has 0 radical (unpaired) electrons. The van der Waals surface area contributed by atoms with Crippen molar-refractivity contribution < 1.29 is 0 Å². The maximum atomic E-state index is 4.73. The molecule has 108 valence electrons. The van der Waals surface area contributed by atoms with Crippen molar-refractivity contribution in [2.75, 3.05) is 12.3 Å². The van der Waals surface area contributed by atoms with E-state index in [0.717, 1.165) is 13.0 Å². The number of hydrogen-bond acceptors (Lipinski definition) is 4. The minimum absolute atomic E-state index is 0.392. The second-order valence-corrected chi connectivity index (χ2v) is 8.64. The van der Waals surface area contributed by atoms with Crippen molar-refractivity contribution in [2.24, 2.45) is 0 Å². The maximum Gasteiger partial charge on any atom is 0.0946 e. The zero-order valence-corrected chi connectivity index (χ0v) is 14.2. The molecule has 2 unspecified atom stereocenters. The first-order valence-electron chi connectivity index (χ1n) is 7.35. The summed E-state index contributed by atoms with van der Waals surface area (Å²) in [4.78, 5) is 6.10. The first-order chi connectivity index (χ1) is 9.05. The van der Waals surface area contributed by atoms with Crippen LogP contribution in [0.2, 0.25) is 0 Å². The van der Waals surface area contributed by atoms with Gasteiger partial charge in [0.2, 0.25) is 0 Å². The molecule has 2 nitrogen and oxygen atoms in total. The van der Waals surface area contributed by atoms with Crippen LogP contribution in [0.1, 0.15) is 48.7 Å². The van der Waals surface area contributed by atoms with Gasteiger partial charge in [0.25, 0.3) is 0 Å². The predicted molar refractivity (Wildman–Crippen MR) is 87.5 cm³/mol. The smallest absolute Gasteiger partial charge is 0.0946 e. The van der Waals surface area contributed by atoms with E-state index < -0.39 is 0 Å². The summed E-state index contributed by atoms with van der Waals surface area (Å²) in [6.45, 7) is 10.1. The third kappa shape index (κ3) is 3.73. The van der Waals surface area contributed by atoms with E-state index in [1.165, 1.54) is 40.6 Å². The van der Waals surface area contributed by atoms with Gasteiger partial charge in [-0.15, -0.1) is 11.3 Å². The van der Waals surface area contributed by atoms with E-state index in [1.807, 2.05) is 11.3 Å². The summed E-state index contributed by atoms with van der Waals surface area (Å²) in [5.41, 5.74) is 1.21. The average Bonchev–Trinajstić information content (AvgIpc) is 2.93. The van der Waals surface area contributed by atoms with E-state index in [2.05, 4.69) is 44.8 Å². The lowest BCUT2D eigenvalue weighted by atomic mass is 9.93. The highest BCUT2D eigenvalue weighted by Crippen LogP contribution is 2.41. The van der Waals surface area contributed by atoms with Crippen LogP contribution in [-0.2, 0) is 6.42 Å². The van der Waals surface area contributed by atoms with Crippen molar-refractivity contribution >= 4 is 23.1 Å². The van der Waals surface area contributed by atoms with Gasteiger partial charge >= 0.3 is 0 Å². The van der Waals surface area contributed by atoms with Gasteiger partial charge in [-0.25, -0.2) is 4.98 Å². The van der Waals surface area contributed by atoms with Gasteiger partial charge < -0.3 is 5.32 Å². The molecule has 1 N–H and O–H groups in total. The molecule has 0 aliphatic carbocycles. The van der Waals surface area contributed by atoms with Crippen molar-refractivity contribution in [2.45, 2.75) is 64.2 Å². The molecule has 2 heterocycles. The number of thioether (sulfide) groups is 1. The normalized spacial score (nSPS) is 24.8. The third-order valence-corrected chi connectivity index (χ3v) is 6.81. The molecule has 19 heavy (non-hydrogen) atoms. The number of aromatic nitrogens is 1. The van der Waals surface area contributed by atoms with E-state index in [-0.39, 0.29) is 0 Å². The highest BCUT2D eigenvalue weighted by atomic mass is 32.2. The van der Waals surface area contributed by atoms with Crippen LogP contribution in [0.4, 0.5) is 0 Å². The molecule has 0 aromatic carbocycles. The highest BCUT2D eigenvalue weighted by Gasteiger charge is 2.37. The van der Waals surface area contributed by atoms with Crippen molar-refractivity contribution in [3.05, 3.63) is 15.6 Å². The third-order valence-electron chi connectivity index (χ3n) is 4.08. The van der Waals surface area contributed by atoms with E-state index >= 15 is 0 Å². The van der Waals surface area contributed by atoms with Crippen LogP contribution in [-0.4, -0.2) is 28.1 Å². The lowest BCUT2D eigenvalue weighted by Gasteiger charge is -2.33. The Morgan fingerprint density at radius 3 is 2.74 bits per heavy atom. The average molecular weight is 299 g/mol. The topological polar surface area (TPSA) is 24.9 Å². The highest BCUT2D eigenvalue weighted by molar-refractivity contribution is 8.00. The summed E-state index contributed by atoms with van der Waals surface area (Å²) in [5.74, 6) is 1.32. The fraction of sp³-hybridized carbons (Fsp3) is 0.800. The molecule has 1 aromatic rings. The van der Waals surface area contributed by atoms with Gasteiger partial charge in [0.1, 0.15) is 0 Å². The molecule has 1 aliphatic heterocycles. The van der Waals surface area contributed by atoms with E-state index in [0.29, 0.717) is 10.8 Å². The summed E-state index contributed by atoms with van der Waals surface area (Å²) in [5, 5.41) is 5.08. The summed E-state index contributed by atoms with van der Waals surface area (Å²) in [6, 6.07) is 0.560. The fourth-order valence-electron chi connectivity index (χ4n) is 2.70. The van der Waals surface area contributed by atoms with Gasteiger partial charge in [-0.3, -0.25) is 0 Å². The Balaban J connectivity index is 2.08. The van der Waals surface area contributed by atoms with Crippen LogP contribution >= 0.6 is 23.1 Å². The number of nitrogens with one attached hydrogen (secondary N) is 1. The summed E-state index contributed by atoms with van der Waals surface area (Å²) in [7, 11) is 0. The van der Waals surface area contributed by atoms with Crippen LogP contribution < -0.4 is 5.32 Å². The first kappa shape index (κ1) is 15.3. The number of thiazole rings is 1. The van der Waals surface area contributed by atoms with Crippen molar-refractivity contribution in [3.63, 3.8) is 0 Å². The lowest BCUT2D eigenvalue weighted by molar-refractivity contribution is 0.398. The predicted octanol–water partition coefficient (Wildman–Crippen LogP) is 3.96. The molecule has 1 fully saturated rings. The Morgan fingerprint density at radius 1 is 1.42 bits per heavy atom. The van der Waals surface area contributed by atoms with E-state index in [9.17, 15) is 0 Å². The molecule has 1 aromatic heterocycles. The molecule has 0 saturated carbocycles. The minimum Gasteiger partial charge on any atom is -0.312 e. The summed E-state index contributed by atoms with van der Waals surface area (Å²) < 4.78 is 0.392. The van der Waals surface area contributed by atoms with E-state index in [1.54, 1.807) is 0 Å². The Hall–Kier alpha value is -0.0600. The maximum absolute atomic E-state index is 4.73. The summed E-state index contributed by atoms with van der Waals surface area (Å²) in [6.07, 6.45) is 4.99. The second kappa shape index (κ2) is 6.59. The van der Waals surface area contributed by atoms with Gasteiger partial charge in [-0.05, 0) is 52.3 Å². The number of aryl methyl sites for hydroxylation is 2. The van der Waals surface area contributed by atoms with Gasteiger partial charge in [0.05, 0.1) is 10.7 Å². The van der Waals surface area contributed by atoms with Gasteiger partial charge in [-0.1, -0.05) is 6.92 Å². The Labute approximate surface area is 125 Å². The number of hydrogen-bond donors (Lipinski definition) is 1. The molecule has 4 heteroatoms. The zero-order chi connectivity index (χ0) is 13.9. The number of nitrogens with zero attached hydrogens (tertiary/aromatic N) is 1. The summed E-state index contributed by atoms with van der Waals surface area (Å²) >= 11 is 4.02. The second-order valence-electron chi connectivity index (χ2n) is 5.72. The fourth-order valence-corrected chi connectivity index (χ4v) is 5.09. The standard InChI is InChI=1S/C15H26N2S2/c1-5-8-16-13(15(4)7-6-9-18-15)10-14-17-11(2)12(3)19-14/h13,16H,5-10H2,1-4H3. The SMILES string of the molecule is CCCNC(Cc1nc(C)c(C)s1)C1(C)CCCS1. The quantitative estimate of drug-likeness (QED) is 0.860. The van der Waals surface area contributed by atoms with Crippen LogP contribution in [0.15, 0.2) is 0 Å². The van der Waals surface area contributed by atoms with Gasteiger partial charge in [0, 0.05) is 22.1 Å². The van der Waals surface area contributed by atoms with Crippen LogP contribution in [0.25, 0.3) is 0 Å². The van der Waals surface area contributed by atoms with Crippen LogP contribution in [0.5, 0.6) is 0 Å². The number of rotatable bonds is 6. The van der Waals surface area contributed by atoms with E-state index in [4.69, 9.17) is 4.98 Å². The molecule has 2 rings (SSSR count). The molecule has 1 saturated heterocycles. The molecular formula is C15H26N2S2. The largest absolute Gasteiger partial charge is 0.312 e. The Bertz CT molecular complexity index is 389. The Kier molecular flexibility index (Phi) is 5.32. The van der Waals surface area contributed by atoms with Crippen molar-refractivity contribution in [1.29, 1.82) is 0 Å². The van der Waals surface area contributed by atoms with Crippen LogP contribution in [0.3, 0.4) is 0 Å². The lowest BCUT2D eigenvalue weighted by Crippen LogP contribution is -2.47. The van der Waals surface area contributed by atoms with Gasteiger partial charge in [0.15, 0.2) is 0 Å². The van der Waals surface area contributed by atoms with Crippen molar-refractivity contribution in [3.8, 4) is 0 Å². The first-order valence-corrected chi connectivity index (χ1v) is 9.15. The van der Waals surface area contributed by atoms with Crippen molar-refractivity contribution in [1.82, 2.24) is 10.3 Å². The molecule has 2 atom stereocenters. The molecule has 0 spiro atoms. The zero-order valence-electron chi connectivity index (χ0n) is 12.6.